The van der Waals surface area contributed by atoms with Crippen molar-refractivity contribution in [2.24, 2.45) is 38.4 Å². The van der Waals surface area contributed by atoms with Gasteiger partial charge in [-0.05, 0) is 117 Å². The van der Waals surface area contributed by atoms with Gasteiger partial charge in [-0.25, -0.2) is 0 Å². The third kappa shape index (κ3) is 6.69. The smallest absolute Gasteiger partial charge is 0.311 e. The normalized spacial score (nSPS) is 30.3. The summed E-state index contributed by atoms with van der Waals surface area (Å²) in [7, 11) is 0. The van der Waals surface area contributed by atoms with Crippen LogP contribution >= 0.6 is 0 Å². The van der Waals surface area contributed by atoms with Gasteiger partial charge in [0.2, 0.25) is 0 Å². The number of benzene rings is 1. The molecule has 0 bridgehead atoms. The predicted molar refractivity (Wildman–Crippen MR) is 184 cm³/mol. The van der Waals surface area contributed by atoms with E-state index < -0.39 is 10.8 Å². The van der Waals surface area contributed by atoms with Crippen LogP contribution < -0.4 is 4.74 Å². The minimum atomic E-state index is -0.693. The molecule has 3 aliphatic rings. The van der Waals surface area contributed by atoms with Gasteiger partial charge in [-0.3, -0.25) is 14.4 Å². The van der Waals surface area contributed by atoms with Crippen LogP contribution in [0.15, 0.2) is 53.6 Å². The molecular formula is C41H57NO4. The van der Waals surface area contributed by atoms with Crippen LogP contribution in [0.1, 0.15) is 133 Å². The Bertz CT molecular complexity index is 1430. The average molecular weight is 628 g/mol. The van der Waals surface area contributed by atoms with Gasteiger partial charge in [0, 0.05) is 17.3 Å². The summed E-state index contributed by atoms with van der Waals surface area (Å²) in [6.07, 6.45) is 14.1. The Balaban J connectivity index is 1.67. The molecule has 0 N–H and O–H groups in total. The lowest BCUT2D eigenvalue weighted by Crippen LogP contribution is -2.56. The zero-order valence-corrected chi connectivity index (χ0v) is 30.0. The van der Waals surface area contributed by atoms with Crippen LogP contribution in [0.5, 0.6) is 5.75 Å². The fourth-order valence-electron chi connectivity index (χ4n) is 9.54. The van der Waals surface area contributed by atoms with E-state index in [1.54, 1.807) is 6.92 Å². The summed E-state index contributed by atoms with van der Waals surface area (Å²) in [6, 6.07) is 11.5. The van der Waals surface area contributed by atoms with Crippen molar-refractivity contribution in [3.8, 4) is 11.8 Å². The zero-order valence-electron chi connectivity index (χ0n) is 30.0. The number of esters is 1. The van der Waals surface area contributed by atoms with Crippen LogP contribution in [-0.2, 0) is 14.4 Å². The molecule has 5 heteroatoms. The van der Waals surface area contributed by atoms with Crippen molar-refractivity contribution < 1.29 is 19.1 Å². The Hall–Kier alpha value is -3.00. The Kier molecular flexibility index (Phi) is 10.0. The fourth-order valence-corrected chi connectivity index (χ4v) is 9.54. The topological polar surface area (TPSA) is 84.2 Å². The van der Waals surface area contributed by atoms with E-state index in [0.717, 1.165) is 69.8 Å². The number of hydrogen-bond donors (Lipinski definition) is 0. The highest BCUT2D eigenvalue weighted by atomic mass is 16.5. The number of hydrogen-bond acceptors (Lipinski definition) is 5. The molecule has 1 aromatic carbocycles. The standard InChI is InChI=1S/C41H57NO4/c1-10-38(7,22-25-41(23-20-36(3,4)21-24-41)19-17-34(44)46-31-14-12-11-13-15-31)40(9)18-16-32-37(5,6)35(45)30(28-42)27-39(32,8)33(40)26-29(2)43/h11-15,26-27,32H,10,16-25H2,1-9H3/b33-26-/t32-,38-,39-,40+/m0/s1. The van der Waals surface area contributed by atoms with Crippen molar-refractivity contribution in [3.63, 3.8) is 0 Å². The molecule has 4 atom stereocenters. The summed E-state index contributed by atoms with van der Waals surface area (Å²) in [5, 5.41) is 10.0. The van der Waals surface area contributed by atoms with E-state index in [1.807, 2.05) is 56.3 Å². The minimum Gasteiger partial charge on any atom is -0.427 e. The van der Waals surface area contributed by atoms with Gasteiger partial charge in [-0.1, -0.05) is 85.2 Å². The van der Waals surface area contributed by atoms with Gasteiger partial charge in [-0.15, -0.1) is 0 Å². The highest BCUT2D eigenvalue weighted by molar-refractivity contribution is 6.04. The largest absolute Gasteiger partial charge is 0.427 e. The van der Waals surface area contributed by atoms with Crippen LogP contribution in [0.25, 0.3) is 0 Å². The lowest BCUT2D eigenvalue weighted by Gasteiger charge is -2.62. The van der Waals surface area contributed by atoms with Crippen LogP contribution in [-0.4, -0.2) is 17.5 Å². The number of fused-ring (bicyclic) bond motifs is 1. The summed E-state index contributed by atoms with van der Waals surface area (Å²) >= 11 is 0. The third-order valence-corrected chi connectivity index (χ3v) is 13.3. The van der Waals surface area contributed by atoms with Gasteiger partial charge < -0.3 is 4.74 Å². The van der Waals surface area contributed by atoms with Crippen LogP contribution in [0.3, 0.4) is 0 Å². The quantitative estimate of drug-likeness (QED) is 0.146. The number of carbonyl (C=O) groups is 3. The number of para-hydroxylation sites is 1. The second-order valence-corrected chi connectivity index (χ2v) is 17.0. The maximum atomic E-state index is 13.4. The van der Waals surface area contributed by atoms with E-state index >= 15 is 0 Å². The van der Waals surface area contributed by atoms with Crippen molar-refractivity contribution >= 4 is 17.5 Å². The van der Waals surface area contributed by atoms with E-state index in [4.69, 9.17) is 4.74 Å². The number of ketones is 2. The number of rotatable bonds is 10. The van der Waals surface area contributed by atoms with Gasteiger partial charge in [-0.2, -0.15) is 5.26 Å². The summed E-state index contributed by atoms with van der Waals surface area (Å²) in [4.78, 5) is 39.3. The molecule has 0 radical (unpaired) electrons. The van der Waals surface area contributed by atoms with Crippen LogP contribution in [0, 0.1) is 49.7 Å². The molecule has 0 amide bonds. The van der Waals surface area contributed by atoms with Crippen molar-refractivity contribution in [3.05, 3.63) is 53.6 Å². The maximum absolute atomic E-state index is 13.4. The lowest BCUT2D eigenvalue weighted by molar-refractivity contribution is -0.135. The first-order valence-corrected chi connectivity index (χ1v) is 17.5. The van der Waals surface area contributed by atoms with Crippen molar-refractivity contribution in [1.29, 1.82) is 5.26 Å². The van der Waals surface area contributed by atoms with Crippen LogP contribution in [0.2, 0.25) is 0 Å². The van der Waals surface area contributed by atoms with Gasteiger partial charge in [0.05, 0.1) is 5.57 Å². The second-order valence-electron chi connectivity index (χ2n) is 17.0. The number of ether oxygens (including phenoxy) is 1. The summed E-state index contributed by atoms with van der Waals surface area (Å²) in [6.45, 7) is 19.4. The molecule has 0 saturated heterocycles. The molecular weight excluding hydrogens is 570 g/mol. The zero-order chi connectivity index (χ0) is 34.2. The molecule has 4 rings (SSSR count). The molecule has 0 aromatic heterocycles. The summed E-state index contributed by atoms with van der Waals surface area (Å²) in [5.74, 6) is 0.341. The first-order valence-electron chi connectivity index (χ1n) is 17.5. The maximum Gasteiger partial charge on any atom is 0.311 e. The number of carbonyl (C=O) groups excluding carboxylic acids is 3. The number of Topliss-reactive ketones (excluding diaryl/α,β-unsaturated/α-hetero) is 1. The predicted octanol–water partition coefficient (Wildman–Crippen LogP) is 10.2. The van der Waals surface area contributed by atoms with E-state index in [-0.39, 0.29) is 45.3 Å². The molecule has 2 fully saturated rings. The first-order chi connectivity index (χ1) is 21.4. The first kappa shape index (κ1) is 35.8. The molecule has 1 aromatic rings. The van der Waals surface area contributed by atoms with E-state index in [9.17, 15) is 19.6 Å². The van der Waals surface area contributed by atoms with Gasteiger partial charge in [0.1, 0.15) is 11.8 Å². The van der Waals surface area contributed by atoms with Crippen molar-refractivity contribution in [2.75, 3.05) is 0 Å². The SMILES string of the molecule is CC[C@@](C)(CCC1(CCC(=O)Oc2ccccc2)CCC(C)(C)CC1)[C@]1(C)CC[C@H]2C(C)(C)C(=O)C(C#N)=C[C@]2(C)/C1=C/C(C)=O. The Morgan fingerprint density at radius 1 is 1.00 bits per heavy atom. The van der Waals surface area contributed by atoms with Gasteiger partial charge in [0.25, 0.3) is 0 Å². The third-order valence-electron chi connectivity index (χ3n) is 13.3. The highest BCUT2D eigenvalue weighted by Crippen LogP contribution is 2.68. The monoisotopic (exact) mass is 627 g/mol. The van der Waals surface area contributed by atoms with E-state index in [2.05, 4.69) is 47.6 Å². The summed E-state index contributed by atoms with van der Waals surface area (Å²) in [5.41, 5.74) is -0.0800. The van der Waals surface area contributed by atoms with Crippen molar-refractivity contribution in [1.82, 2.24) is 0 Å². The van der Waals surface area contributed by atoms with E-state index in [0.29, 0.717) is 17.6 Å². The molecule has 3 aliphatic carbocycles. The van der Waals surface area contributed by atoms with Gasteiger partial charge in [0.15, 0.2) is 11.6 Å². The average Bonchev–Trinajstić information content (AvgIpc) is 3.00. The molecule has 5 nitrogen and oxygen atoms in total. The number of allylic oxidation sites excluding steroid dienone is 4. The second kappa shape index (κ2) is 12.9. The number of nitriles is 1. The molecule has 250 valence electrons. The fraction of sp³-hybridized carbons (Fsp3) is 0.659. The van der Waals surface area contributed by atoms with E-state index in [1.165, 1.54) is 0 Å². The molecule has 46 heavy (non-hydrogen) atoms. The molecule has 2 saturated carbocycles. The number of nitrogens with zero attached hydrogens (tertiary/aromatic N) is 1. The molecule has 0 unspecified atom stereocenters. The highest BCUT2D eigenvalue weighted by Gasteiger charge is 2.61. The minimum absolute atomic E-state index is 0.00563. The summed E-state index contributed by atoms with van der Waals surface area (Å²) < 4.78 is 5.69. The molecule has 0 aliphatic heterocycles. The lowest BCUT2D eigenvalue weighted by atomic mass is 9.41. The molecule has 0 heterocycles. The van der Waals surface area contributed by atoms with Gasteiger partial charge >= 0.3 is 5.97 Å². The Labute approximate surface area is 278 Å². The molecule has 0 spiro atoms. The Morgan fingerprint density at radius 3 is 2.20 bits per heavy atom. The van der Waals surface area contributed by atoms with Crippen molar-refractivity contribution in [2.45, 2.75) is 133 Å². The van der Waals surface area contributed by atoms with Crippen LogP contribution in [0.4, 0.5) is 0 Å². The Morgan fingerprint density at radius 2 is 1.63 bits per heavy atom.